The highest BCUT2D eigenvalue weighted by Gasteiger charge is 2.42. The summed E-state index contributed by atoms with van der Waals surface area (Å²) >= 11 is 4.18. The standard InChI is InChI=1S/C10H13F3N4OS/c1-9(2)4-5(16-18-9)7(19)6-8(10(11,12)13)15-17(3)14-6/h7,19H,4H2,1-3H3. The zero-order valence-corrected chi connectivity index (χ0v) is 11.5. The van der Waals surface area contributed by atoms with Crippen molar-refractivity contribution in [3.8, 4) is 0 Å². The minimum Gasteiger partial charge on any atom is -0.389 e. The van der Waals surface area contributed by atoms with E-state index in [4.69, 9.17) is 4.84 Å². The number of oxime groups is 1. The fraction of sp³-hybridized carbons (Fsp3) is 0.700. The molecule has 19 heavy (non-hydrogen) atoms. The van der Waals surface area contributed by atoms with Crippen molar-refractivity contribution >= 4 is 18.3 Å². The zero-order valence-electron chi connectivity index (χ0n) is 10.6. The Labute approximate surface area is 113 Å². The zero-order chi connectivity index (χ0) is 14.4. The summed E-state index contributed by atoms with van der Waals surface area (Å²) in [4.78, 5) is 6.01. The van der Waals surface area contributed by atoms with Gasteiger partial charge in [0, 0.05) is 13.5 Å². The Hall–Kier alpha value is -1.25. The van der Waals surface area contributed by atoms with Crippen molar-refractivity contribution in [1.82, 2.24) is 15.0 Å². The molecule has 0 fully saturated rings. The summed E-state index contributed by atoms with van der Waals surface area (Å²) in [5.74, 6) is 0. The third-order valence-corrected chi connectivity index (χ3v) is 3.14. The number of hydrogen-bond acceptors (Lipinski definition) is 5. The van der Waals surface area contributed by atoms with Gasteiger partial charge in [-0.3, -0.25) is 0 Å². The lowest BCUT2D eigenvalue weighted by Gasteiger charge is -2.14. The van der Waals surface area contributed by atoms with Gasteiger partial charge >= 0.3 is 6.18 Å². The summed E-state index contributed by atoms with van der Waals surface area (Å²) in [6.45, 7) is 3.59. The van der Waals surface area contributed by atoms with Crippen LogP contribution in [-0.2, 0) is 18.1 Å². The summed E-state index contributed by atoms with van der Waals surface area (Å²) < 4.78 is 38.5. The molecular weight excluding hydrogens is 281 g/mol. The Balaban J connectivity index is 2.33. The number of halogens is 3. The smallest absolute Gasteiger partial charge is 0.389 e. The van der Waals surface area contributed by atoms with Gasteiger partial charge in [-0.05, 0) is 13.8 Å². The van der Waals surface area contributed by atoms with Gasteiger partial charge in [-0.15, -0.1) is 5.10 Å². The molecule has 0 amide bonds. The van der Waals surface area contributed by atoms with E-state index in [1.165, 1.54) is 7.05 Å². The van der Waals surface area contributed by atoms with Crippen molar-refractivity contribution < 1.29 is 18.0 Å². The molecule has 0 N–H and O–H groups in total. The summed E-state index contributed by atoms with van der Waals surface area (Å²) in [5.41, 5.74) is -1.41. The van der Waals surface area contributed by atoms with Crippen LogP contribution in [0.3, 0.4) is 0 Å². The second kappa shape index (κ2) is 4.39. The molecule has 1 aromatic rings. The quantitative estimate of drug-likeness (QED) is 0.852. The molecule has 1 atom stereocenters. The second-order valence-electron chi connectivity index (χ2n) is 4.93. The molecule has 2 rings (SSSR count). The molecule has 0 saturated heterocycles. The van der Waals surface area contributed by atoms with Crippen LogP contribution in [0.1, 0.15) is 36.9 Å². The average molecular weight is 294 g/mol. The highest BCUT2D eigenvalue weighted by molar-refractivity contribution is 7.81. The average Bonchev–Trinajstić information content (AvgIpc) is 2.80. The van der Waals surface area contributed by atoms with E-state index in [9.17, 15) is 13.2 Å². The van der Waals surface area contributed by atoms with E-state index in [1.807, 2.05) is 0 Å². The van der Waals surface area contributed by atoms with E-state index in [1.54, 1.807) is 13.8 Å². The molecule has 1 unspecified atom stereocenters. The molecule has 1 aromatic heterocycles. The van der Waals surface area contributed by atoms with Crippen LogP contribution in [0.2, 0.25) is 0 Å². The Morgan fingerprint density at radius 2 is 2.00 bits per heavy atom. The highest BCUT2D eigenvalue weighted by Crippen LogP contribution is 2.37. The lowest BCUT2D eigenvalue weighted by atomic mass is 9.99. The van der Waals surface area contributed by atoms with Crippen molar-refractivity contribution in [2.75, 3.05) is 0 Å². The van der Waals surface area contributed by atoms with Crippen molar-refractivity contribution in [2.45, 2.75) is 37.3 Å². The van der Waals surface area contributed by atoms with E-state index < -0.39 is 22.7 Å². The Bertz CT molecular complexity index is 523. The van der Waals surface area contributed by atoms with Crippen molar-refractivity contribution in [2.24, 2.45) is 12.2 Å². The topological polar surface area (TPSA) is 52.3 Å². The molecule has 0 radical (unpaired) electrons. The first-order chi connectivity index (χ1) is 8.60. The lowest BCUT2D eigenvalue weighted by Crippen LogP contribution is -2.21. The number of alkyl halides is 3. The van der Waals surface area contributed by atoms with E-state index >= 15 is 0 Å². The summed E-state index contributed by atoms with van der Waals surface area (Å²) in [6.07, 6.45) is -4.17. The van der Waals surface area contributed by atoms with Gasteiger partial charge in [-0.1, -0.05) is 5.16 Å². The van der Waals surface area contributed by atoms with E-state index in [-0.39, 0.29) is 5.69 Å². The first kappa shape index (κ1) is 14.2. The SMILES string of the molecule is Cn1nc(C(S)C2=NOC(C)(C)C2)c(C(F)(F)F)n1. The maximum Gasteiger partial charge on any atom is 0.437 e. The van der Waals surface area contributed by atoms with Crippen molar-refractivity contribution in [3.05, 3.63) is 11.4 Å². The molecule has 0 aromatic carbocycles. The molecule has 9 heteroatoms. The van der Waals surface area contributed by atoms with Crippen LogP contribution in [-0.4, -0.2) is 26.3 Å². The maximum absolute atomic E-state index is 12.8. The van der Waals surface area contributed by atoms with Crippen molar-refractivity contribution in [1.29, 1.82) is 0 Å². The summed E-state index contributed by atoms with van der Waals surface area (Å²) in [7, 11) is 1.33. The number of nitrogens with zero attached hydrogens (tertiary/aromatic N) is 4. The third kappa shape index (κ3) is 2.85. The van der Waals surface area contributed by atoms with Gasteiger partial charge in [0.25, 0.3) is 0 Å². The fourth-order valence-electron chi connectivity index (χ4n) is 1.80. The fourth-order valence-corrected chi connectivity index (χ4v) is 2.11. The minimum absolute atomic E-state index is 0.251. The summed E-state index contributed by atoms with van der Waals surface area (Å²) in [6, 6.07) is 0. The highest BCUT2D eigenvalue weighted by atomic mass is 32.1. The molecular formula is C10H13F3N4OS. The number of hydrogen-bond donors (Lipinski definition) is 1. The molecule has 0 bridgehead atoms. The Morgan fingerprint density at radius 3 is 2.47 bits per heavy atom. The molecule has 1 aliphatic heterocycles. The monoisotopic (exact) mass is 294 g/mol. The minimum atomic E-state index is -4.57. The summed E-state index contributed by atoms with van der Waals surface area (Å²) in [5, 5.41) is 10.00. The van der Waals surface area contributed by atoms with Crippen molar-refractivity contribution in [3.63, 3.8) is 0 Å². The van der Waals surface area contributed by atoms with Gasteiger partial charge in [0.1, 0.15) is 11.3 Å². The second-order valence-corrected chi connectivity index (χ2v) is 5.45. The van der Waals surface area contributed by atoms with Gasteiger partial charge in [0.2, 0.25) is 0 Å². The molecule has 0 spiro atoms. The number of aryl methyl sites for hydroxylation is 1. The predicted molar refractivity (Wildman–Crippen MR) is 64.9 cm³/mol. The number of rotatable bonds is 2. The van der Waals surface area contributed by atoms with Crippen LogP contribution in [0.15, 0.2) is 5.16 Å². The van der Waals surface area contributed by atoms with Crippen LogP contribution in [0.4, 0.5) is 13.2 Å². The van der Waals surface area contributed by atoms with Crippen LogP contribution in [0.25, 0.3) is 0 Å². The van der Waals surface area contributed by atoms with Crippen LogP contribution >= 0.6 is 12.6 Å². The normalized spacial score (nSPS) is 20.1. The Morgan fingerprint density at radius 1 is 1.37 bits per heavy atom. The lowest BCUT2D eigenvalue weighted by molar-refractivity contribution is -0.142. The molecule has 0 saturated carbocycles. The van der Waals surface area contributed by atoms with Gasteiger partial charge in [-0.2, -0.15) is 35.7 Å². The van der Waals surface area contributed by atoms with Crippen LogP contribution < -0.4 is 0 Å². The van der Waals surface area contributed by atoms with Crippen LogP contribution in [0.5, 0.6) is 0 Å². The number of thiol groups is 1. The first-order valence-corrected chi connectivity index (χ1v) is 6.03. The van der Waals surface area contributed by atoms with Gasteiger partial charge in [0.15, 0.2) is 5.69 Å². The maximum atomic E-state index is 12.8. The van der Waals surface area contributed by atoms with Gasteiger partial charge in [-0.25, -0.2) is 0 Å². The molecule has 106 valence electrons. The van der Waals surface area contributed by atoms with E-state index in [0.717, 1.165) is 4.80 Å². The molecule has 5 nitrogen and oxygen atoms in total. The van der Waals surface area contributed by atoms with Gasteiger partial charge in [0.05, 0.1) is 11.0 Å². The van der Waals surface area contributed by atoms with Crippen LogP contribution in [0, 0.1) is 0 Å². The Kier molecular flexibility index (Phi) is 3.28. The molecule has 2 heterocycles. The molecule has 1 aliphatic rings. The number of aromatic nitrogens is 3. The van der Waals surface area contributed by atoms with E-state index in [0.29, 0.717) is 12.1 Å². The van der Waals surface area contributed by atoms with Gasteiger partial charge < -0.3 is 4.84 Å². The van der Waals surface area contributed by atoms with E-state index in [2.05, 4.69) is 28.0 Å². The largest absolute Gasteiger partial charge is 0.437 e. The third-order valence-electron chi connectivity index (χ3n) is 2.60. The predicted octanol–water partition coefficient (Wildman–Crippen LogP) is 2.36. The molecule has 0 aliphatic carbocycles. The first-order valence-electron chi connectivity index (χ1n) is 5.51.